The second-order valence-electron chi connectivity index (χ2n) is 9.67. The Hall–Kier alpha value is -2.78. The zero-order chi connectivity index (χ0) is 28.4. The van der Waals surface area contributed by atoms with Gasteiger partial charge in [0.2, 0.25) is 0 Å². The molecule has 6 aromatic rings. The molecule has 0 unspecified atom stereocenters. The molecule has 4 heteroatoms. The predicted octanol–water partition coefficient (Wildman–Crippen LogP) is 8.81. The molecule has 0 aliphatic carbocycles. The summed E-state index contributed by atoms with van der Waals surface area (Å²) < 4.78 is 1.25. The van der Waals surface area contributed by atoms with Crippen molar-refractivity contribution in [2.45, 2.75) is 19.5 Å². The second kappa shape index (κ2) is 14.9. The second-order valence-corrected chi connectivity index (χ2v) is 19.3. The summed E-state index contributed by atoms with van der Waals surface area (Å²) in [5.41, 5.74) is 0.680. The molecule has 0 radical (unpaired) electrons. The number of rotatable bonds is 7. The topological polar surface area (TPSA) is 0 Å². The van der Waals surface area contributed by atoms with E-state index in [1.165, 1.54) is 36.5 Å². The molecule has 209 valence electrons. The Kier molecular flexibility index (Phi) is 10.8. The minimum absolute atomic E-state index is 0.210. The molecule has 6 rings (SSSR count). The van der Waals surface area contributed by atoms with Gasteiger partial charge in [0.15, 0.2) is 0 Å². The third-order valence-corrected chi connectivity index (χ3v) is 17.0. The molecular formula is C37H34ClNiP2. The Morgan fingerprint density at radius 1 is 0.463 bits per heavy atom. The SMILES string of the molecule is CC(C)P(c1ccccc1)c1ccccc1.[Cl][Ni]([c]1cccc2ccccc12)[P](c1ccccc1)c1ccccc1. The molecule has 0 heterocycles. The quantitative estimate of drug-likeness (QED) is 0.122. The van der Waals surface area contributed by atoms with Crippen molar-refractivity contribution in [2.75, 3.05) is 0 Å². The molecule has 0 saturated heterocycles. The van der Waals surface area contributed by atoms with Crippen LogP contribution in [0.4, 0.5) is 0 Å². The fourth-order valence-electron chi connectivity index (χ4n) is 4.67. The van der Waals surface area contributed by atoms with Crippen LogP contribution in [0.15, 0.2) is 164 Å². The molecule has 0 aliphatic rings. The summed E-state index contributed by atoms with van der Waals surface area (Å²) in [6.07, 6.45) is 0. The number of hydrogen-bond donors (Lipinski definition) is 0. The fraction of sp³-hybridized carbons (Fsp3) is 0.0811. The van der Waals surface area contributed by atoms with Gasteiger partial charge in [-0.25, -0.2) is 0 Å². The molecule has 41 heavy (non-hydrogen) atoms. The first-order valence-corrected chi connectivity index (χ1v) is 19.5. The van der Waals surface area contributed by atoms with Crippen LogP contribution in [0.3, 0.4) is 0 Å². The van der Waals surface area contributed by atoms with Crippen molar-refractivity contribution in [1.29, 1.82) is 0 Å². The number of fused-ring (bicyclic) bond motifs is 1. The summed E-state index contributed by atoms with van der Waals surface area (Å²) in [4.78, 5) is 0. The van der Waals surface area contributed by atoms with Gasteiger partial charge >= 0.3 is 158 Å². The monoisotopic (exact) mass is 633 g/mol. The first-order valence-electron chi connectivity index (χ1n) is 13.7. The number of hydrogen-bond acceptors (Lipinski definition) is 0. The molecule has 0 aliphatic heterocycles. The van der Waals surface area contributed by atoms with Gasteiger partial charge in [0, 0.05) is 0 Å². The van der Waals surface area contributed by atoms with Gasteiger partial charge in [-0.3, -0.25) is 0 Å². The third-order valence-electron chi connectivity index (χ3n) is 6.49. The zero-order valence-corrected chi connectivity index (χ0v) is 26.8. The van der Waals surface area contributed by atoms with Crippen molar-refractivity contribution >= 4 is 61.3 Å². The number of halogens is 1. The number of benzene rings is 6. The Morgan fingerprint density at radius 3 is 1.32 bits per heavy atom. The van der Waals surface area contributed by atoms with E-state index in [1.54, 1.807) is 0 Å². The van der Waals surface area contributed by atoms with E-state index in [0.29, 0.717) is 5.66 Å². The van der Waals surface area contributed by atoms with Crippen molar-refractivity contribution < 1.29 is 12.1 Å². The summed E-state index contributed by atoms with van der Waals surface area (Å²) in [5, 5.41) is 8.09. The molecule has 0 atom stereocenters. The van der Waals surface area contributed by atoms with Crippen molar-refractivity contribution in [3.63, 3.8) is 0 Å². The van der Waals surface area contributed by atoms with Crippen LogP contribution in [0.1, 0.15) is 13.8 Å². The van der Waals surface area contributed by atoms with Crippen LogP contribution in [-0.4, -0.2) is 5.66 Å². The van der Waals surface area contributed by atoms with Crippen LogP contribution < -0.4 is 25.8 Å². The summed E-state index contributed by atoms with van der Waals surface area (Å²) in [6, 6.07) is 58.0. The summed E-state index contributed by atoms with van der Waals surface area (Å²) in [6.45, 7) is 3.97. The maximum atomic E-state index is 7.19. The van der Waals surface area contributed by atoms with Crippen LogP contribution >= 0.6 is 24.8 Å². The molecule has 0 N–H and O–H groups in total. The van der Waals surface area contributed by atoms with E-state index in [9.17, 15) is 0 Å². The van der Waals surface area contributed by atoms with E-state index in [4.69, 9.17) is 10.2 Å². The van der Waals surface area contributed by atoms with Crippen LogP contribution in [0.5, 0.6) is 0 Å². The first kappa shape index (κ1) is 29.7. The summed E-state index contributed by atoms with van der Waals surface area (Å²) in [7, 11) is 6.98. The van der Waals surface area contributed by atoms with Crippen molar-refractivity contribution in [3.05, 3.63) is 164 Å². The van der Waals surface area contributed by atoms with E-state index >= 15 is 0 Å². The predicted molar refractivity (Wildman–Crippen MR) is 183 cm³/mol. The van der Waals surface area contributed by atoms with Gasteiger partial charge in [-0.2, -0.15) is 0 Å². The van der Waals surface area contributed by atoms with Crippen LogP contribution in [0.2, 0.25) is 0 Å². The zero-order valence-electron chi connectivity index (χ0n) is 23.3. The Morgan fingerprint density at radius 2 is 0.854 bits per heavy atom. The van der Waals surface area contributed by atoms with Gasteiger partial charge in [0.1, 0.15) is 0 Å². The molecule has 0 bridgehead atoms. The Labute approximate surface area is 255 Å². The van der Waals surface area contributed by atoms with Crippen molar-refractivity contribution in [2.24, 2.45) is 0 Å². The average molecular weight is 635 g/mol. The average Bonchev–Trinajstić information content (AvgIpc) is 3.03. The molecule has 0 aromatic heterocycles. The van der Waals surface area contributed by atoms with Gasteiger partial charge in [-0.05, 0) is 24.2 Å². The minimum atomic E-state index is -0.654. The molecule has 0 fully saturated rings. The molecule has 0 saturated carbocycles. The molecule has 0 amide bonds. The maximum absolute atomic E-state index is 7.19. The van der Waals surface area contributed by atoms with E-state index in [0.717, 1.165) is 0 Å². The summed E-state index contributed by atoms with van der Waals surface area (Å²) >= 11 is -0.577. The van der Waals surface area contributed by atoms with Gasteiger partial charge in [0.05, 0.1) is 0 Å². The fourth-order valence-corrected chi connectivity index (χ4v) is 14.8. The Balaban J connectivity index is 0.000000182. The molecular weight excluding hydrogens is 601 g/mol. The van der Waals surface area contributed by atoms with Gasteiger partial charge < -0.3 is 0 Å². The van der Waals surface area contributed by atoms with Crippen LogP contribution in [0, 0.1) is 0 Å². The van der Waals surface area contributed by atoms with Gasteiger partial charge in [-0.1, -0.05) is 74.5 Å². The first-order chi connectivity index (χ1) is 20.1. The van der Waals surface area contributed by atoms with E-state index in [2.05, 4.69) is 178 Å². The third kappa shape index (κ3) is 7.55. The van der Waals surface area contributed by atoms with Crippen LogP contribution in [0.25, 0.3) is 10.8 Å². The van der Waals surface area contributed by atoms with Crippen molar-refractivity contribution in [3.8, 4) is 0 Å². The normalized spacial score (nSPS) is 11.4. The molecule has 6 aromatic carbocycles. The van der Waals surface area contributed by atoms with Crippen LogP contribution in [-0.2, 0) is 12.1 Å². The van der Waals surface area contributed by atoms with Gasteiger partial charge in [-0.15, -0.1) is 0 Å². The summed E-state index contributed by atoms with van der Waals surface area (Å²) in [5.74, 6) is 0. The van der Waals surface area contributed by atoms with E-state index < -0.39 is 18.8 Å². The van der Waals surface area contributed by atoms with E-state index in [-0.39, 0.29) is 7.92 Å². The van der Waals surface area contributed by atoms with E-state index in [1.807, 2.05) is 0 Å². The van der Waals surface area contributed by atoms with Crippen molar-refractivity contribution in [1.82, 2.24) is 0 Å². The Bertz CT molecular complexity index is 1540. The van der Waals surface area contributed by atoms with Gasteiger partial charge in [0.25, 0.3) is 0 Å². The standard InChI is InChI=1S/C15H17P.C12H10P.C10H7.ClH.Ni/c1-13(2)16(14-9-5-3-6-10-14)15-11-7-4-8-12-15;1-3-7-11(8-4-1)13-12-9-5-2-6-10-12;1-2-6-10-8-4-3-7-9(10)5-1;;/h3-13H,1-2H3;1-10H;1-7H;1H;/q;-1;;;+2/p-1. The molecule has 0 spiro atoms. The molecule has 0 nitrogen and oxygen atoms in total.